The van der Waals surface area contributed by atoms with Gasteiger partial charge in [0.2, 0.25) is 0 Å². The molecule has 0 aromatic heterocycles. The van der Waals surface area contributed by atoms with Gasteiger partial charge in [0.15, 0.2) is 0 Å². The third-order valence-corrected chi connectivity index (χ3v) is 3.12. The number of hydrogen-bond acceptors (Lipinski definition) is 4. The van der Waals surface area contributed by atoms with Gasteiger partial charge in [0.25, 0.3) is 5.91 Å². The second-order valence-corrected chi connectivity index (χ2v) is 5.00. The highest BCUT2D eigenvalue weighted by molar-refractivity contribution is 5.97. The second-order valence-electron chi connectivity index (χ2n) is 5.00. The fourth-order valence-electron chi connectivity index (χ4n) is 1.88. The summed E-state index contributed by atoms with van der Waals surface area (Å²) in [7, 11) is 0. The standard InChI is InChI=1S/C17H21N3O3/c18-11-15(13-19-10-6-2-5-9-16(21)22)17(23)20-12-14-7-3-1-4-8-14/h1,3-4,7-8,13,19H,2,5-6,9-10,12H2,(H,20,23)(H,21,22)/b15-13-. The first-order chi connectivity index (χ1) is 11.1. The van der Waals surface area contributed by atoms with Gasteiger partial charge in [0.05, 0.1) is 0 Å². The van der Waals surface area contributed by atoms with Crippen molar-refractivity contribution in [3.05, 3.63) is 47.7 Å². The highest BCUT2D eigenvalue weighted by atomic mass is 16.4. The van der Waals surface area contributed by atoms with Gasteiger partial charge in [-0.15, -0.1) is 0 Å². The number of rotatable bonds is 10. The second kappa shape index (κ2) is 10.9. The molecule has 1 rings (SSSR count). The van der Waals surface area contributed by atoms with E-state index < -0.39 is 11.9 Å². The van der Waals surface area contributed by atoms with Crippen LogP contribution in [0.25, 0.3) is 0 Å². The van der Waals surface area contributed by atoms with Crippen molar-refractivity contribution in [1.82, 2.24) is 10.6 Å². The molecule has 0 radical (unpaired) electrons. The summed E-state index contributed by atoms with van der Waals surface area (Å²) in [6, 6.07) is 11.3. The Kier molecular flexibility index (Phi) is 8.61. The molecule has 6 heteroatoms. The lowest BCUT2D eigenvalue weighted by Crippen LogP contribution is -2.25. The molecule has 0 aliphatic rings. The van der Waals surface area contributed by atoms with Crippen molar-refractivity contribution < 1.29 is 14.7 Å². The van der Waals surface area contributed by atoms with Gasteiger partial charge < -0.3 is 15.7 Å². The Morgan fingerprint density at radius 1 is 1.17 bits per heavy atom. The molecule has 0 heterocycles. The van der Waals surface area contributed by atoms with Crippen molar-refractivity contribution in [3.8, 4) is 6.07 Å². The fraction of sp³-hybridized carbons (Fsp3) is 0.353. The van der Waals surface area contributed by atoms with Gasteiger partial charge in [-0.1, -0.05) is 36.8 Å². The molecule has 0 unspecified atom stereocenters. The number of hydrogen-bond donors (Lipinski definition) is 3. The molecule has 0 saturated heterocycles. The first-order valence-electron chi connectivity index (χ1n) is 7.51. The van der Waals surface area contributed by atoms with Crippen LogP contribution in [0.15, 0.2) is 42.1 Å². The third-order valence-electron chi connectivity index (χ3n) is 3.12. The Morgan fingerprint density at radius 3 is 2.57 bits per heavy atom. The molecular formula is C17H21N3O3. The summed E-state index contributed by atoms with van der Waals surface area (Å²) in [6.45, 7) is 0.963. The van der Waals surface area contributed by atoms with E-state index in [-0.39, 0.29) is 12.0 Å². The maximum absolute atomic E-state index is 11.9. The molecule has 6 nitrogen and oxygen atoms in total. The molecule has 1 amide bonds. The zero-order chi connectivity index (χ0) is 16.9. The molecule has 0 spiro atoms. The number of amides is 1. The molecule has 0 fully saturated rings. The van der Waals surface area contributed by atoms with Crippen LogP contribution in [0.1, 0.15) is 31.2 Å². The Balaban J connectivity index is 2.27. The average Bonchev–Trinajstić information content (AvgIpc) is 2.56. The molecule has 1 aromatic carbocycles. The summed E-state index contributed by atoms with van der Waals surface area (Å²) in [5, 5.41) is 23.1. The third kappa shape index (κ3) is 8.27. The Labute approximate surface area is 135 Å². The Bertz CT molecular complexity index is 576. The lowest BCUT2D eigenvalue weighted by Gasteiger charge is -2.05. The fourth-order valence-corrected chi connectivity index (χ4v) is 1.88. The van der Waals surface area contributed by atoms with Gasteiger partial charge in [0.1, 0.15) is 11.6 Å². The lowest BCUT2D eigenvalue weighted by atomic mass is 10.2. The summed E-state index contributed by atoms with van der Waals surface area (Å²) in [6.07, 6.45) is 3.77. The van der Waals surface area contributed by atoms with Gasteiger partial charge >= 0.3 is 5.97 Å². The highest BCUT2D eigenvalue weighted by Crippen LogP contribution is 2.00. The van der Waals surface area contributed by atoms with Crippen molar-refractivity contribution in [2.75, 3.05) is 6.54 Å². The number of nitriles is 1. The molecule has 1 aromatic rings. The van der Waals surface area contributed by atoms with Crippen LogP contribution in [0.2, 0.25) is 0 Å². The van der Waals surface area contributed by atoms with Gasteiger partial charge in [-0.3, -0.25) is 9.59 Å². The van der Waals surface area contributed by atoms with Crippen molar-refractivity contribution in [1.29, 1.82) is 5.26 Å². The predicted molar refractivity (Wildman–Crippen MR) is 86.1 cm³/mol. The summed E-state index contributed by atoms with van der Waals surface area (Å²) in [5.74, 6) is -1.21. The number of benzene rings is 1. The first kappa shape index (κ1) is 18.2. The normalized spacial score (nSPS) is 10.7. The number of aliphatic carboxylic acids is 1. The van der Waals surface area contributed by atoms with Gasteiger partial charge in [-0.05, 0) is 18.4 Å². The number of carbonyl (C=O) groups excluding carboxylic acids is 1. The molecule has 0 saturated carbocycles. The molecule has 0 atom stereocenters. The summed E-state index contributed by atoms with van der Waals surface area (Å²) < 4.78 is 0. The van der Waals surface area contributed by atoms with E-state index in [1.807, 2.05) is 36.4 Å². The van der Waals surface area contributed by atoms with Crippen molar-refractivity contribution >= 4 is 11.9 Å². The van der Waals surface area contributed by atoms with Crippen molar-refractivity contribution in [2.45, 2.75) is 32.2 Å². The van der Waals surface area contributed by atoms with E-state index in [9.17, 15) is 9.59 Å². The van der Waals surface area contributed by atoms with Gasteiger partial charge in [0, 0.05) is 25.7 Å². The quantitative estimate of drug-likeness (QED) is 0.348. The smallest absolute Gasteiger partial charge is 0.303 e. The van der Waals surface area contributed by atoms with E-state index in [4.69, 9.17) is 10.4 Å². The molecule has 122 valence electrons. The Morgan fingerprint density at radius 2 is 1.91 bits per heavy atom. The minimum absolute atomic E-state index is 0.0199. The number of carbonyl (C=O) groups is 2. The van der Waals surface area contributed by atoms with Crippen molar-refractivity contribution in [3.63, 3.8) is 0 Å². The highest BCUT2D eigenvalue weighted by Gasteiger charge is 2.07. The van der Waals surface area contributed by atoms with Crippen LogP contribution in [0.4, 0.5) is 0 Å². The Hall–Kier alpha value is -2.81. The monoisotopic (exact) mass is 315 g/mol. The van der Waals surface area contributed by atoms with E-state index >= 15 is 0 Å². The van der Waals surface area contributed by atoms with E-state index in [1.54, 1.807) is 0 Å². The first-order valence-corrected chi connectivity index (χ1v) is 7.51. The van der Waals surface area contributed by atoms with Gasteiger partial charge in [-0.2, -0.15) is 5.26 Å². The number of nitrogens with one attached hydrogen (secondary N) is 2. The average molecular weight is 315 g/mol. The van der Waals surface area contributed by atoms with Crippen LogP contribution in [0, 0.1) is 11.3 Å². The zero-order valence-electron chi connectivity index (χ0n) is 12.9. The van der Waals surface area contributed by atoms with Crippen molar-refractivity contribution in [2.24, 2.45) is 0 Å². The van der Waals surface area contributed by atoms with Crippen LogP contribution < -0.4 is 10.6 Å². The number of carboxylic acid groups (broad SMARTS) is 1. The van der Waals surface area contributed by atoms with Crippen LogP contribution in [0.5, 0.6) is 0 Å². The molecule has 3 N–H and O–H groups in total. The van der Waals surface area contributed by atoms with Crippen LogP contribution >= 0.6 is 0 Å². The largest absolute Gasteiger partial charge is 0.481 e. The molecule has 0 bridgehead atoms. The van der Waals surface area contributed by atoms with E-state index in [2.05, 4.69) is 10.6 Å². The lowest BCUT2D eigenvalue weighted by molar-refractivity contribution is -0.137. The summed E-state index contributed by atoms with van der Waals surface area (Å²) in [5.41, 5.74) is 0.982. The van der Waals surface area contributed by atoms with Crippen LogP contribution in [-0.4, -0.2) is 23.5 Å². The summed E-state index contributed by atoms with van der Waals surface area (Å²) >= 11 is 0. The number of unbranched alkanes of at least 4 members (excludes halogenated alkanes) is 2. The number of carboxylic acids is 1. The summed E-state index contributed by atoms with van der Waals surface area (Å²) in [4.78, 5) is 22.2. The molecule has 0 aliphatic heterocycles. The number of nitrogens with zero attached hydrogens (tertiary/aromatic N) is 1. The van der Waals surface area contributed by atoms with Crippen LogP contribution in [-0.2, 0) is 16.1 Å². The van der Waals surface area contributed by atoms with E-state index in [1.165, 1.54) is 6.20 Å². The topological polar surface area (TPSA) is 102 Å². The molecule has 23 heavy (non-hydrogen) atoms. The van der Waals surface area contributed by atoms with Crippen LogP contribution in [0.3, 0.4) is 0 Å². The minimum atomic E-state index is -0.792. The maximum atomic E-state index is 11.9. The molecule has 0 aliphatic carbocycles. The SMILES string of the molecule is N#C/C(=C/NCCCCCC(=O)O)C(=O)NCc1ccccc1. The van der Waals surface area contributed by atoms with Gasteiger partial charge in [-0.25, -0.2) is 0 Å². The maximum Gasteiger partial charge on any atom is 0.303 e. The predicted octanol–water partition coefficient (Wildman–Crippen LogP) is 1.94. The van der Waals surface area contributed by atoms with E-state index in [0.717, 1.165) is 18.4 Å². The zero-order valence-corrected chi connectivity index (χ0v) is 12.9. The minimum Gasteiger partial charge on any atom is -0.481 e. The molecular weight excluding hydrogens is 294 g/mol. The van der Waals surface area contributed by atoms with E-state index in [0.29, 0.717) is 19.5 Å².